The van der Waals surface area contributed by atoms with Crippen LogP contribution in [-0.4, -0.2) is 22.3 Å². The zero-order valence-corrected chi connectivity index (χ0v) is 18.3. The van der Waals surface area contributed by atoms with Crippen LogP contribution < -0.4 is 20.1 Å². The molecule has 0 amide bonds. The van der Waals surface area contributed by atoms with E-state index in [0.717, 1.165) is 16.7 Å². The summed E-state index contributed by atoms with van der Waals surface area (Å²) in [5.41, 5.74) is 1.71. The van der Waals surface area contributed by atoms with Crippen LogP contribution in [0.15, 0.2) is 36.4 Å². The Morgan fingerprint density at radius 2 is 1.90 bits per heavy atom. The van der Waals surface area contributed by atoms with E-state index in [4.69, 9.17) is 21.7 Å². The first-order valence-electron chi connectivity index (χ1n) is 9.94. The summed E-state index contributed by atoms with van der Waals surface area (Å²) in [5.74, 6) is 0.434. The normalized spacial score (nSPS) is 24.3. The van der Waals surface area contributed by atoms with Gasteiger partial charge in [0.05, 0.1) is 0 Å². The molecule has 0 aromatic heterocycles. The highest BCUT2D eigenvalue weighted by molar-refractivity contribution is 7.80. The maximum Gasteiger partial charge on any atom is 0.308 e. The fourth-order valence-electron chi connectivity index (χ4n) is 4.57. The molecule has 2 aliphatic heterocycles. The number of esters is 1. The van der Waals surface area contributed by atoms with Crippen LogP contribution in [0.3, 0.4) is 0 Å². The summed E-state index contributed by atoms with van der Waals surface area (Å²) in [6.07, 6.45) is 1.29. The first-order chi connectivity index (χ1) is 14.1. The summed E-state index contributed by atoms with van der Waals surface area (Å²) in [6.45, 7) is 7.41. The van der Waals surface area contributed by atoms with Gasteiger partial charge in [0.25, 0.3) is 0 Å². The molecule has 2 heterocycles. The molecule has 2 N–H and O–H groups in total. The van der Waals surface area contributed by atoms with Crippen LogP contribution >= 0.6 is 12.2 Å². The minimum Gasteiger partial charge on any atom is -0.467 e. The molecule has 2 aliphatic rings. The molecule has 2 aromatic rings. The summed E-state index contributed by atoms with van der Waals surface area (Å²) < 4.78 is 25.5. The molecule has 2 unspecified atom stereocenters. The molecule has 1 fully saturated rings. The molecule has 0 bridgehead atoms. The van der Waals surface area contributed by atoms with E-state index in [2.05, 4.69) is 24.5 Å². The van der Waals surface area contributed by atoms with Crippen molar-refractivity contribution in [2.75, 3.05) is 0 Å². The lowest BCUT2D eigenvalue weighted by molar-refractivity contribution is -0.131. The highest BCUT2D eigenvalue weighted by Gasteiger charge is 2.49. The van der Waals surface area contributed by atoms with Crippen molar-refractivity contribution >= 4 is 23.3 Å². The van der Waals surface area contributed by atoms with E-state index in [0.29, 0.717) is 29.5 Å². The van der Waals surface area contributed by atoms with Crippen LogP contribution in [0.25, 0.3) is 0 Å². The molecule has 30 heavy (non-hydrogen) atoms. The van der Waals surface area contributed by atoms with Crippen molar-refractivity contribution in [3.8, 4) is 11.5 Å². The van der Waals surface area contributed by atoms with Gasteiger partial charge in [-0.25, -0.2) is 4.39 Å². The van der Waals surface area contributed by atoms with Crippen molar-refractivity contribution in [1.29, 1.82) is 0 Å². The molecule has 4 rings (SSSR count). The number of ether oxygens (including phenoxy) is 2. The Morgan fingerprint density at radius 1 is 1.20 bits per heavy atom. The van der Waals surface area contributed by atoms with Gasteiger partial charge in [0, 0.05) is 42.3 Å². The van der Waals surface area contributed by atoms with Crippen molar-refractivity contribution in [2.24, 2.45) is 0 Å². The first-order valence-corrected chi connectivity index (χ1v) is 10.4. The second-order valence-electron chi connectivity index (χ2n) is 8.75. The van der Waals surface area contributed by atoms with E-state index in [1.165, 1.54) is 19.1 Å². The van der Waals surface area contributed by atoms with Crippen molar-refractivity contribution in [2.45, 2.75) is 57.7 Å². The fourth-order valence-corrected chi connectivity index (χ4v) is 5.03. The van der Waals surface area contributed by atoms with Gasteiger partial charge in [-0.2, -0.15) is 0 Å². The predicted molar refractivity (Wildman–Crippen MR) is 116 cm³/mol. The summed E-state index contributed by atoms with van der Waals surface area (Å²) in [6, 6.07) is 10.3. The van der Waals surface area contributed by atoms with E-state index in [-0.39, 0.29) is 23.2 Å². The first kappa shape index (κ1) is 20.6. The highest BCUT2D eigenvalue weighted by Crippen LogP contribution is 2.49. The maximum absolute atomic E-state index is 13.6. The Balaban J connectivity index is 1.85. The summed E-state index contributed by atoms with van der Waals surface area (Å²) in [7, 11) is 0. The van der Waals surface area contributed by atoms with Crippen molar-refractivity contribution in [1.82, 2.24) is 10.6 Å². The van der Waals surface area contributed by atoms with Gasteiger partial charge in [-0.05, 0) is 56.8 Å². The van der Waals surface area contributed by atoms with Gasteiger partial charge in [0.15, 0.2) is 10.8 Å². The van der Waals surface area contributed by atoms with Crippen LogP contribution in [0.4, 0.5) is 4.39 Å². The predicted octanol–water partition coefficient (Wildman–Crippen LogP) is 4.32. The zero-order valence-electron chi connectivity index (χ0n) is 17.5. The fraction of sp³-hybridized carbons (Fsp3) is 0.391. The lowest BCUT2D eigenvalue weighted by Crippen LogP contribution is -2.69. The van der Waals surface area contributed by atoms with E-state index in [9.17, 15) is 9.18 Å². The molecule has 0 saturated carbocycles. The van der Waals surface area contributed by atoms with E-state index in [1.807, 2.05) is 25.1 Å². The number of halogens is 1. The number of nitrogens with one attached hydrogen (secondary N) is 2. The third kappa shape index (κ3) is 3.86. The van der Waals surface area contributed by atoms with Crippen LogP contribution in [0, 0.1) is 12.7 Å². The van der Waals surface area contributed by atoms with E-state index < -0.39 is 5.72 Å². The average molecular weight is 429 g/mol. The Bertz CT molecular complexity index is 1020. The van der Waals surface area contributed by atoms with Crippen LogP contribution in [0.1, 0.15) is 56.2 Å². The maximum atomic E-state index is 13.6. The van der Waals surface area contributed by atoms with Crippen molar-refractivity contribution in [3.63, 3.8) is 0 Å². The number of benzene rings is 2. The van der Waals surface area contributed by atoms with Crippen molar-refractivity contribution in [3.05, 3.63) is 58.9 Å². The van der Waals surface area contributed by atoms with Gasteiger partial charge < -0.3 is 20.1 Å². The third-order valence-corrected chi connectivity index (χ3v) is 5.84. The monoisotopic (exact) mass is 428 g/mol. The largest absolute Gasteiger partial charge is 0.467 e. The molecule has 0 radical (unpaired) electrons. The summed E-state index contributed by atoms with van der Waals surface area (Å²) in [4.78, 5) is 11.5. The molecule has 2 aromatic carbocycles. The van der Waals surface area contributed by atoms with Gasteiger partial charge in [0.1, 0.15) is 17.3 Å². The lowest BCUT2D eigenvalue weighted by Gasteiger charge is -2.51. The molecule has 7 heteroatoms. The molecule has 5 nitrogen and oxygen atoms in total. The van der Waals surface area contributed by atoms with Crippen LogP contribution in [-0.2, 0) is 4.79 Å². The van der Waals surface area contributed by atoms with E-state index >= 15 is 0 Å². The Kier molecular flexibility index (Phi) is 4.97. The number of thiocarbonyl (C=S) groups is 1. The SMILES string of the molecule is CC(=O)Oc1ccc2c(c1C)OC1(CC2c2ccc(F)cc2)CC(C)(C)NC(=S)N1. The van der Waals surface area contributed by atoms with Gasteiger partial charge in [0.2, 0.25) is 0 Å². The van der Waals surface area contributed by atoms with Crippen LogP contribution in [0.5, 0.6) is 11.5 Å². The minimum atomic E-state index is -0.739. The van der Waals surface area contributed by atoms with Gasteiger partial charge in [-0.3, -0.25) is 4.79 Å². The number of hydrogen-bond acceptors (Lipinski definition) is 4. The summed E-state index contributed by atoms with van der Waals surface area (Å²) in [5, 5.41) is 7.16. The summed E-state index contributed by atoms with van der Waals surface area (Å²) >= 11 is 5.47. The highest BCUT2D eigenvalue weighted by atomic mass is 32.1. The lowest BCUT2D eigenvalue weighted by atomic mass is 9.76. The zero-order chi connectivity index (χ0) is 21.7. The average Bonchev–Trinajstić information content (AvgIpc) is 2.62. The number of rotatable bonds is 2. The molecular formula is C23H25FN2O3S. The van der Waals surface area contributed by atoms with Crippen molar-refractivity contribution < 1.29 is 18.7 Å². The molecule has 1 spiro atoms. The number of carbonyl (C=O) groups excluding carboxylic acids is 1. The van der Waals surface area contributed by atoms with Crippen LogP contribution in [0.2, 0.25) is 0 Å². The number of fused-ring (bicyclic) bond motifs is 1. The molecular weight excluding hydrogens is 403 g/mol. The van der Waals surface area contributed by atoms with Gasteiger partial charge in [-0.1, -0.05) is 18.2 Å². The quantitative estimate of drug-likeness (QED) is 0.422. The molecule has 0 aliphatic carbocycles. The van der Waals surface area contributed by atoms with Gasteiger partial charge in [-0.15, -0.1) is 0 Å². The van der Waals surface area contributed by atoms with Gasteiger partial charge >= 0.3 is 5.97 Å². The Labute approximate surface area is 181 Å². The smallest absolute Gasteiger partial charge is 0.308 e. The third-order valence-electron chi connectivity index (χ3n) is 5.64. The standard InChI is InChI=1S/C23H25FN2O3S/c1-13-19(28-14(2)27)10-9-17-18(15-5-7-16(24)8-6-15)11-23(29-20(13)17)12-22(3,4)25-21(30)26-23/h5-10,18H,11-12H2,1-4H3,(H2,25,26,30). The number of hydrogen-bond donors (Lipinski definition) is 2. The topological polar surface area (TPSA) is 59.6 Å². The molecule has 2 atom stereocenters. The second kappa shape index (κ2) is 7.23. The molecule has 1 saturated heterocycles. The molecule has 158 valence electrons. The number of carbonyl (C=O) groups is 1. The second-order valence-corrected chi connectivity index (χ2v) is 9.15. The minimum absolute atomic E-state index is 0.0383. The Hall–Kier alpha value is -2.67. The van der Waals surface area contributed by atoms with E-state index in [1.54, 1.807) is 6.07 Å². The Morgan fingerprint density at radius 3 is 2.53 bits per heavy atom.